The zero-order valence-corrected chi connectivity index (χ0v) is 6.03. The number of hydrogen-bond donors (Lipinski definition) is 2. The van der Waals surface area contributed by atoms with E-state index in [-0.39, 0.29) is 11.2 Å². The van der Waals surface area contributed by atoms with Gasteiger partial charge in [-0.05, 0) is 0 Å². The molecule has 0 radical (unpaired) electrons. The number of aromatic amines is 2. The molecule has 0 aliphatic carbocycles. The molecule has 2 N–H and O–H groups in total. The fourth-order valence-electron chi connectivity index (χ4n) is 1.24. The second kappa shape index (κ2) is 1.58. The number of nitrogens with zero attached hydrogens (tertiary/aromatic N) is 2. The Morgan fingerprint density at radius 1 is 1.08 bits per heavy atom. The van der Waals surface area contributed by atoms with Gasteiger partial charge in [0.1, 0.15) is 0 Å². The van der Waals surface area contributed by atoms with Gasteiger partial charge in [-0.15, -0.1) is 0 Å². The van der Waals surface area contributed by atoms with Crippen molar-refractivity contribution in [3.63, 3.8) is 0 Å². The molecule has 0 aromatic carbocycles. The highest BCUT2D eigenvalue weighted by atomic mass is 16.6. The Kier molecular flexibility index (Phi) is 0.763. The van der Waals surface area contributed by atoms with Gasteiger partial charge < -0.3 is 0 Å². The van der Waals surface area contributed by atoms with E-state index in [1.54, 1.807) is 0 Å². The lowest BCUT2D eigenvalue weighted by Gasteiger charge is -2.02. The second-order valence-electron chi connectivity index (χ2n) is 2.56. The van der Waals surface area contributed by atoms with Crippen LogP contribution in [-0.4, -0.2) is 19.1 Å². The summed E-state index contributed by atoms with van der Waals surface area (Å²) in [5, 5.41) is 0. The lowest BCUT2D eigenvalue weighted by atomic mass is 10.5. The summed E-state index contributed by atoms with van der Waals surface area (Å²) in [5.41, 5.74) is -1.73. The molecule has 66 valence electrons. The van der Waals surface area contributed by atoms with Crippen LogP contribution in [0.5, 0.6) is 0 Å². The van der Waals surface area contributed by atoms with Crippen molar-refractivity contribution in [2.45, 2.75) is 0 Å². The van der Waals surface area contributed by atoms with Gasteiger partial charge in [0.25, 0.3) is 0 Å². The molecule has 0 aliphatic heterocycles. The molecule has 8 heteroatoms. The van der Waals surface area contributed by atoms with Crippen molar-refractivity contribution in [3.05, 3.63) is 31.3 Å². The third-order valence-electron chi connectivity index (χ3n) is 1.82. The predicted molar refractivity (Wildman–Crippen MR) is 39.3 cm³/mol. The standard InChI is InChI=1S/C5H2N4O4/c10-3-1-2(7-4(11)6-1)8-5(12)9(3)13-8/h(H2,6,7,11). The van der Waals surface area contributed by atoms with Crippen LogP contribution in [0.1, 0.15) is 0 Å². The Morgan fingerprint density at radius 2 is 1.85 bits per heavy atom. The highest BCUT2D eigenvalue weighted by molar-refractivity contribution is 5.68. The van der Waals surface area contributed by atoms with Crippen molar-refractivity contribution in [2.24, 2.45) is 0 Å². The topological polar surface area (TPSA) is 105 Å². The lowest BCUT2D eigenvalue weighted by Crippen LogP contribution is -2.39. The Balaban J connectivity index is 2.89. The summed E-state index contributed by atoms with van der Waals surface area (Å²) in [4.78, 5) is 37.6. The third-order valence-corrected chi connectivity index (χ3v) is 1.82. The zero-order chi connectivity index (χ0) is 9.16. The first-order valence-electron chi connectivity index (χ1n) is 3.37. The van der Waals surface area contributed by atoms with Crippen LogP contribution in [0.3, 0.4) is 0 Å². The Morgan fingerprint density at radius 3 is 2.54 bits per heavy atom. The van der Waals surface area contributed by atoms with Crippen LogP contribution in [0, 0.1) is 0 Å². The molecule has 8 nitrogen and oxygen atoms in total. The fourth-order valence-corrected chi connectivity index (χ4v) is 1.24. The number of imidazole rings is 1. The number of H-pyrrole nitrogens is 2. The number of rotatable bonds is 0. The second-order valence-corrected chi connectivity index (χ2v) is 2.56. The fraction of sp³-hybridized carbons (Fsp3) is 0. The summed E-state index contributed by atoms with van der Waals surface area (Å²) in [6.45, 7) is 0. The van der Waals surface area contributed by atoms with Crippen LogP contribution < -0.4 is 16.9 Å². The van der Waals surface area contributed by atoms with Crippen LogP contribution in [0.15, 0.2) is 19.0 Å². The van der Waals surface area contributed by atoms with Crippen LogP contribution >= 0.6 is 0 Å². The molecule has 4 heterocycles. The quantitative estimate of drug-likeness (QED) is 0.417. The maximum absolute atomic E-state index is 11.2. The van der Waals surface area contributed by atoms with Gasteiger partial charge >= 0.3 is 16.9 Å². The van der Waals surface area contributed by atoms with E-state index in [1.807, 2.05) is 0 Å². The van der Waals surface area contributed by atoms with Gasteiger partial charge in [-0.2, -0.15) is 0 Å². The van der Waals surface area contributed by atoms with Crippen molar-refractivity contribution in [3.8, 4) is 0 Å². The Labute approximate surface area is 67.3 Å². The van der Waals surface area contributed by atoms with Crippen LogP contribution in [0.25, 0.3) is 11.2 Å². The summed E-state index contributed by atoms with van der Waals surface area (Å²) in [6.07, 6.45) is 0. The maximum atomic E-state index is 11.2. The molecule has 0 saturated heterocycles. The van der Waals surface area contributed by atoms with Gasteiger partial charge in [-0.25, -0.2) is 9.59 Å². The van der Waals surface area contributed by atoms with E-state index in [1.165, 1.54) is 0 Å². The van der Waals surface area contributed by atoms with Gasteiger partial charge in [0, 0.05) is 0 Å². The number of nitrogens with one attached hydrogen (secondary N) is 2. The molecule has 4 rings (SSSR count). The van der Waals surface area contributed by atoms with E-state index >= 15 is 0 Å². The normalized spacial score (nSPS) is 12.0. The molecule has 0 saturated carbocycles. The Hall–Kier alpha value is -2.25. The predicted octanol–water partition coefficient (Wildman–Crippen LogP) is -2.04. The van der Waals surface area contributed by atoms with E-state index < -0.39 is 16.9 Å². The van der Waals surface area contributed by atoms with Crippen LogP contribution in [0.4, 0.5) is 0 Å². The van der Waals surface area contributed by atoms with E-state index in [9.17, 15) is 14.4 Å². The largest absolute Gasteiger partial charge is 0.404 e. The van der Waals surface area contributed by atoms with Gasteiger partial charge in [-0.1, -0.05) is 9.15 Å². The van der Waals surface area contributed by atoms with Gasteiger partial charge in [0.2, 0.25) is 0 Å². The summed E-state index contributed by atoms with van der Waals surface area (Å²) in [6, 6.07) is 0. The lowest BCUT2D eigenvalue weighted by molar-refractivity contribution is 0.120. The summed E-state index contributed by atoms with van der Waals surface area (Å²) < 4.78 is 6.01. The molecule has 0 atom stereocenters. The summed E-state index contributed by atoms with van der Waals surface area (Å²) in [7, 11) is 0. The Bertz CT molecular complexity index is 749. The van der Waals surface area contributed by atoms with E-state index in [4.69, 9.17) is 0 Å². The molecule has 0 amide bonds. The van der Waals surface area contributed by atoms with Crippen molar-refractivity contribution in [1.29, 1.82) is 0 Å². The molecule has 4 aromatic heterocycles. The maximum Gasteiger partial charge on any atom is 0.404 e. The number of aromatic nitrogens is 4. The molecule has 0 spiro atoms. The van der Waals surface area contributed by atoms with E-state index in [2.05, 4.69) is 14.6 Å². The van der Waals surface area contributed by atoms with Gasteiger partial charge in [-0.3, -0.25) is 19.4 Å². The van der Waals surface area contributed by atoms with Gasteiger partial charge in [0.15, 0.2) is 11.2 Å². The van der Waals surface area contributed by atoms with Crippen molar-refractivity contribution in [2.75, 3.05) is 0 Å². The average molecular weight is 182 g/mol. The van der Waals surface area contributed by atoms with Gasteiger partial charge in [0.05, 0.1) is 0 Å². The smallest absolute Gasteiger partial charge is 0.300 e. The van der Waals surface area contributed by atoms with Crippen LogP contribution in [-0.2, 0) is 0 Å². The minimum atomic E-state index is -0.666. The summed E-state index contributed by atoms with van der Waals surface area (Å²) in [5.74, 6) is 0. The first-order valence-corrected chi connectivity index (χ1v) is 3.37. The molecular formula is C5H2N4O4. The van der Waals surface area contributed by atoms with E-state index in [0.29, 0.717) is 4.57 Å². The molecule has 4 aromatic rings. The molecule has 0 aliphatic rings. The highest BCUT2D eigenvalue weighted by Gasteiger charge is 2.18. The van der Waals surface area contributed by atoms with Crippen LogP contribution in [0.2, 0.25) is 0 Å². The molecule has 13 heavy (non-hydrogen) atoms. The summed E-state index contributed by atoms with van der Waals surface area (Å²) >= 11 is 0. The van der Waals surface area contributed by atoms with Crippen molar-refractivity contribution >= 4 is 11.2 Å². The molecule has 0 unspecified atom stereocenters. The minimum absolute atomic E-state index is 0.0378. The third kappa shape index (κ3) is 0.514. The molecule has 0 fully saturated rings. The SMILES string of the molecule is O=c1[nH]c2c(=O)n3on(c3=O)c2[nH]1. The molecular weight excluding hydrogens is 180 g/mol. The molecule has 2 bridgehead atoms. The highest BCUT2D eigenvalue weighted by Crippen LogP contribution is 1.98. The average Bonchev–Trinajstić information content (AvgIpc) is 2.45. The number of hydrogen-bond acceptors (Lipinski definition) is 4. The van der Waals surface area contributed by atoms with E-state index in [0.717, 1.165) is 4.57 Å². The zero-order valence-electron chi connectivity index (χ0n) is 6.03. The van der Waals surface area contributed by atoms with Crippen molar-refractivity contribution < 1.29 is 4.63 Å². The van der Waals surface area contributed by atoms with Crippen molar-refractivity contribution in [1.82, 2.24) is 19.1 Å². The minimum Gasteiger partial charge on any atom is -0.300 e. The monoisotopic (exact) mass is 182 g/mol. The first kappa shape index (κ1) is 6.29. The first-order chi connectivity index (χ1) is 6.18.